The molecule has 0 radical (unpaired) electrons. The molecule has 7 heteroatoms. The van der Waals surface area contributed by atoms with Crippen molar-refractivity contribution in [1.29, 1.82) is 0 Å². The molecule has 0 fully saturated rings. The Morgan fingerprint density at radius 1 is 1.15 bits per heavy atom. The van der Waals surface area contributed by atoms with Crippen molar-refractivity contribution in [2.24, 2.45) is 0 Å². The van der Waals surface area contributed by atoms with E-state index < -0.39 is 5.97 Å². The molecular weight excluding hydrogens is 366 g/mol. The maximum Gasteiger partial charge on any atom is 0.341 e. The highest BCUT2D eigenvalue weighted by Crippen LogP contribution is 2.33. The lowest BCUT2D eigenvalue weighted by molar-refractivity contribution is -0.114. The maximum absolute atomic E-state index is 12.7. The summed E-state index contributed by atoms with van der Waals surface area (Å²) in [5.41, 5.74) is 2.26. The average Bonchev–Trinajstić information content (AvgIpc) is 2.87. The monoisotopic (exact) mass is 389 g/mol. The van der Waals surface area contributed by atoms with Crippen LogP contribution in [0.25, 0.3) is 0 Å². The second-order valence-corrected chi connectivity index (χ2v) is 7.28. The van der Waals surface area contributed by atoms with Crippen LogP contribution in [0.3, 0.4) is 0 Å². The Hall–Kier alpha value is -2.67. The Balaban J connectivity index is 2.26. The van der Waals surface area contributed by atoms with Crippen LogP contribution in [-0.2, 0) is 16.1 Å². The normalized spacial score (nSPS) is 10.4. The fourth-order valence-electron chi connectivity index (χ4n) is 2.54. The summed E-state index contributed by atoms with van der Waals surface area (Å²) in [5.74, 6) is -0.298. The number of hydrogen-bond donors (Lipinski definition) is 1. The van der Waals surface area contributed by atoms with Gasteiger partial charge in [-0.25, -0.2) is 4.79 Å². The Morgan fingerprint density at radius 2 is 1.85 bits per heavy atom. The number of ketones is 1. The van der Waals surface area contributed by atoms with E-state index in [4.69, 9.17) is 9.47 Å². The number of hydrogen-bond acceptors (Lipinski definition) is 6. The van der Waals surface area contributed by atoms with Gasteiger partial charge >= 0.3 is 5.97 Å². The number of Topliss-reactive ketones (excluding diaryl/α,β-unsaturated/α-hetero) is 1. The molecule has 0 atom stereocenters. The molecular formula is C20H23NO5S. The first-order valence-electron chi connectivity index (χ1n) is 8.55. The predicted molar refractivity (Wildman–Crippen MR) is 105 cm³/mol. The zero-order chi connectivity index (χ0) is 20.1. The highest BCUT2D eigenvalue weighted by molar-refractivity contribution is 7.16. The summed E-state index contributed by atoms with van der Waals surface area (Å²) < 4.78 is 11.0. The predicted octanol–water partition coefficient (Wildman–Crippen LogP) is 4.28. The average molecular weight is 389 g/mol. The van der Waals surface area contributed by atoms with E-state index in [2.05, 4.69) is 5.32 Å². The summed E-state index contributed by atoms with van der Waals surface area (Å²) in [6.45, 7) is 8.83. The molecule has 1 aromatic carbocycles. The number of carbonyl (C=O) groups excluding carboxylic acids is 3. The van der Waals surface area contributed by atoms with E-state index in [-0.39, 0.29) is 18.3 Å². The van der Waals surface area contributed by atoms with E-state index in [1.165, 1.54) is 25.2 Å². The molecule has 2 rings (SSSR count). The van der Waals surface area contributed by atoms with Gasteiger partial charge in [-0.05, 0) is 51.5 Å². The molecule has 0 saturated heterocycles. The van der Waals surface area contributed by atoms with Gasteiger partial charge in [0.15, 0.2) is 5.78 Å². The van der Waals surface area contributed by atoms with Gasteiger partial charge in [0, 0.05) is 22.9 Å². The molecule has 1 amide bonds. The van der Waals surface area contributed by atoms with Gasteiger partial charge in [-0.1, -0.05) is 0 Å². The molecule has 6 nitrogen and oxygen atoms in total. The van der Waals surface area contributed by atoms with Gasteiger partial charge in [0.2, 0.25) is 5.91 Å². The first-order chi connectivity index (χ1) is 12.7. The highest BCUT2D eigenvalue weighted by atomic mass is 32.1. The minimum Gasteiger partial charge on any atom is -0.493 e. The Labute approximate surface area is 162 Å². The lowest BCUT2D eigenvalue weighted by Crippen LogP contribution is -2.12. The van der Waals surface area contributed by atoms with E-state index in [1.54, 1.807) is 18.2 Å². The molecule has 0 aliphatic rings. The van der Waals surface area contributed by atoms with Crippen LogP contribution in [0.5, 0.6) is 5.75 Å². The number of thiophene rings is 1. The van der Waals surface area contributed by atoms with E-state index in [9.17, 15) is 14.4 Å². The zero-order valence-electron chi connectivity index (χ0n) is 16.1. The molecule has 1 N–H and O–H groups in total. The van der Waals surface area contributed by atoms with Gasteiger partial charge < -0.3 is 14.8 Å². The molecule has 0 saturated carbocycles. The van der Waals surface area contributed by atoms with E-state index in [0.29, 0.717) is 34.0 Å². The maximum atomic E-state index is 12.7. The zero-order valence-corrected chi connectivity index (χ0v) is 16.9. The molecule has 1 aromatic heterocycles. The van der Waals surface area contributed by atoms with Gasteiger partial charge in [0.25, 0.3) is 0 Å². The van der Waals surface area contributed by atoms with Crippen LogP contribution in [0.15, 0.2) is 18.2 Å². The van der Waals surface area contributed by atoms with Gasteiger partial charge in [0.1, 0.15) is 17.4 Å². The fraction of sp³-hybridized carbons (Fsp3) is 0.350. The summed E-state index contributed by atoms with van der Waals surface area (Å²) in [7, 11) is 0. The minimum absolute atomic E-state index is 0.0386. The number of aryl methyl sites for hydroxylation is 1. The molecule has 1 heterocycles. The van der Waals surface area contributed by atoms with Crippen molar-refractivity contribution >= 4 is 34.0 Å². The van der Waals surface area contributed by atoms with Crippen molar-refractivity contribution in [2.45, 2.75) is 41.2 Å². The van der Waals surface area contributed by atoms with E-state index >= 15 is 0 Å². The van der Waals surface area contributed by atoms with Crippen molar-refractivity contribution < 1.29 is 23.9 Å². The van der Waals surface area contributed by atoms with Crippen LogP contribution < -0.4 is 10.1 Å². The molecule has 27 heavy (non-hydrogen) atoms. The largest absolute Gasteiger partial charge is 0.493 e. The van der Waals surface area contributed by atoms with Crippen LogP contribution in [-0.4, -0.2) is 24.3 Å². The van der Waals surface area contributed by atoms with Crippen LogP contribution >= 0.6 is 11.3 Å². The summed E-state index contributed by atoms with van der Waals surface area (Å²) in [5, 5.41) is 3.16. The third kappa shape index (κ3) is 4.95. The number of ether oxygens (including phenoxy) is 2. The Morgan fingerprint density at radius 3 is 2.44 bits per heavy atom. The Bertz CT molecular complexity index is 885. The van der Waals surface area contributed by atoms with Crippen molar-refractivity contribution in [2.75, 3.05) is 11.9 Å². The van der Waals surface area contributed by atoms with E-state index in [1.807, 2.05) is 20.8 Å². The summed E-state index contributed by atoms with van der Waals surface area (Å²) in [6, 6.07) is 5.05. The van der Waals surface area contributed by atoms with Crippen LogP contribution in [0.2, 0.25) is 0 Å². The second-order valence-electron chi connectivity index (χ2n) is 6.06. The van der Waals surface area contributed by atoms with Gasteiger partial charge in [-0.3, -0.25) is 9.59 Å². The third-order valence-corrected chi connectivity index (χ3v) is 5.13. The van der Waals surface area contributed by atoms with Gasteiger partial charge in [-0.15, -0.1) is 11.3 Å². The molecule has 0 aliphatic heterocycles. The topological polar surface area (TPSA) is 81.7 Å². The quantitative estimate of drug-likeness (QED) is 0.564. The summed E-state index contributed by atoms with van der Waals surface area (Å²) >= 11 is 1.33. The lowest BCUT2D eigenvalue weighted by Gasteiger charge is -2.12. The van der Waals surface area contributed by atoms with E-state index in [0.717, 1.165) is 10.4 Å². The summed E-state index contributed by atoms with van der Waals surface area (Å²) in [6.07, 6.45) is 0. The SMILES string of the molecule is CCOc1ccc(C(C)=O)cc1COC(=O)c1c(NC(C)=O)sc(C)c1C. The minimum atomic E-state index is -0.531. The van der Waals surface area contributed by atoms with Crippen molar-refractivity contribution in [1.82, 2.24) is 0 Å². The fourth-order valence-corrected chi connectivity index (χ4v) is 3.64. The van der Waals surface area contributed by atoms with Crippen molar-refractivity contribution in [3.63, 3.8) is 0 Å². The Kier molecular flexibility index (Phi) is 6.74. The first-order valence-corrected chi connectivity index (χ1v) is 9.37. The highest BCUT2D eigenvalue weighted by Gasteiger charge is 2.22. The standard InChI is InChI=1S/C20H23NO5S/c1-6-25-17-8-7-15(12(3)22)9-16(17)10-26-20(24)18-11(2)13(4)27-19(18)21-14(5)23/h7-9H,6,10H2,1-5H3,(H,21,23). The smallest absolute Gasteiger partial charge is 0.341 e. The van der Waals surface area contributed by atoms with Gasteiger partial charge in [-0.2, -0.15) is 0 Å². The van der Waals surface area contributed by atoms with Crippen LogP contribution in [0, 0.1) is 13.8 Å². The number of benzene rings is 1. The second kappa shape index (κ2) is 8.81. The number of nitrogens with one attached hydrogen (secondary N) is 1. The van der Waals surface area contributed by atoms with Crippen LogP contribution in [0.1, 0.15) is 57.5 Å². The number of amides is 1. The molecule has 0 aliphatic carbocycles. The summed E-state index contributed by atoms with van der Waals surface area (Å²) in [4.78, 5) is 36.6. The molecule has 0 bridgehead atoms. The molecule has 2 aromatic rings. The lowest BCUT2D eigenvalue weighted by atomic mass is 10.1. The number of anilines is 1. The number of esters is 1. The number of rotatable bonds is 7. The first kappa shape index (κ1) is 20.6. The van der Waals surface area contributed by atoms with Gasteiger partial charge in [0.05, 0.1) is 12.2 Å². The molecule has 0 unspecified atom stereocenters. The number of carbonyl (C=O) groups is 3. The molecule has 144 valence electrons. The third-order valence-electron chi connectivity index (χ3n) is 4.00. The van der Waals surface area contributed by atoms with Crippen molar-refractivity contribution in [3.8, 4) is 5.75 Å². The van der Waals surface area contributed by atoms with Crippen molar-refractivity contribution in [3.05, 3.63) is 45.3 Å². The van der Waals surface area contributed by atoms with Crippen LogP contribution in [0.4, 0.5) is 5.00 Å². The molecule has 0 spiro atoms.